The van der Waals surface area contributed by atoms with E-state index in [9.17, 15) is 22.8 Å². The van der Waals surface area contributed by atoms with Gasteiger partial charge in [-0.15, -0.1) is 0 Å². The van der Waals surface area contributed by atoms with Gasteiger partial charge >= 0.3 is 0 Å². The molecule has 4 rings (SSSR count). The zero-order valence-corrected chi connectivity index (χ0v) is 18.0. The highest BCUT2D eigenvalue weighted by Crippen LogP contribution is 2.35. The van der Waals surface area contributed by atoms with E-state index in [1.54, 1.807) is 12.1 Å². The van der Waals surface area contributed by atoms with E-state index < -0.39 is 10.0 Å². The standard InChI is InChI=1S/C22H23N3O6S/c26-20(11-12-25-21(27)18-5-1-2-6-19(18)22(25)28)24-15-7-9-17(10-8-15)32(29,30)23-14-16-4-3-13-31-16/h1-4,7-10,13,18-19,23H,5-6,11-12,14H2,(H,24,26)/t18-,19+. The molecule has 168 valence electrons. The summed E-state index contributed by atoms with van der Waals surface area (Å²) < 4.78 is 32.3. The van der Waals surface area contributed by atoms with E-state index in [0.29, 0.717) is 24.3 Å². The van der Waals surface area contributed by atoms with E-state index in [4.69, 9.17) is 4.42 Å². The number of rotatable bonds is 8. The summed E-state index contributed by atoms with van der Waals surface area (Å²) in [6, 6.07) is 9.05. The SMILES string of the molecule is O=C(CCN1C(=O)[C@H]2CC=CC[C@H]2C1=O)Nc1ccc(S(=O)(=O)NCc2ccco2)cc1. The number of fused-ring (bicyclic) bond motifs is 1. The van der Waals surface area contributed by atoms with Crippen LogP contribution in [0.4, 0.5) is 5.69 Å². The molecule has 0 saturated carbocycles. The summed E-state index contributed by atoms with van der Waals surface area (Å²) >= 11 is 0. The van der Waals surface area contributed by atoms with E-state index in [1.807, 2.05) is 12.2 Å². The lowest BCUT2D eigenvalue weighted by atomic mass is 9.85. The first-order chi connectivity index (χ1) is 15.3. The summed E-state index contributed by atoms with van der Waals surface area (Å²) in [5, 5.41) is 2.66. The number of imide groups is 1. The van der Waals surface area contributed by atoms with Crippen molar-refractivity contribution >= 4 is 33.4 Å². The summed E-state index contributed by atoms with van der Waals surface area (Å²) in [4.78, 5) is 38.4. The smallest absolute Gasteiger partial charge is 0.240 e. The molecule has 2 atom stereocenters. The quantitative estimate of drug-likeness (QED) is 0.462. The van der Waals surface area contributed by atoms with Crippen LogP contribution in [0, 0.1) is 11.8 Å². The van der Waals surface area contributed by atoms with Crippen LogP contribution in [0.2, 0.25) is 0 Å². The second kappa shape index (κ2) is 9.09. The number of nitrogens with zero attached hydrogens (tertiary/aromatic N) is 1. The molecule has 1 aromatic carbocycles. The molecular weight excluding hydrogens is 434 g/mol. The molecule has 0 spiro atoms. The third kappa shape index (κ3) is 4.66. The summed E-state index contributed by atoms with van der Waals surface area (Å²) in [5.74, 6) is -0.937. The number of carbonyl (C=O) groups excluding carboxylic acids is 3. The second-order valence-corrected chi connectivity index (χ2v) is 9.48. The fourth-order valence-corrected chi connectivity index (χ4v) is 4.90. The summed E-state index contributed by atoms with van der Waals surface area (Å²) in [6.07, 6.45) is 6.38. The predicted molar refractivity (Wildman–Crippen MR) is 114 cm³/mol. The van der Waals surface area contributed by atoms with Gasteiger partial charge in [-0.05, 0) is 49.2 Å². The molecule has 1 aromatic heterocycles. The van der Waals surface area contributed by atoms with Gasteiger partial charge in [0.2, 0.25) is 27.7 Å². The number of sulfonamides is 1. The van der Waals surface area contributed by atoms with Gasteiger partial charge in [-0.2, -0.15) is 0 Å². The average molecular weight is 458 g/mol. The van der Waals surface area contributed by atoms with Crippen LogP contribution >= 0.6 is 0 Å². The second-order valence-electron chi connectivity index (χ2n) is 7.71. The lowest BCUT2D eigenvalue weighted by molar-refractivity contribution is -0.140. The number of carbonyl (C=O) groups is 3. The van der Waals surface area contributed by atoms with Crippen molar-refractivity contribution in [3.05, 3.63) is 60.6 Å². The van der Waals surface area contributed by atoms with Gasteiger partial charge in [0.1, 0.15) is 5.76 Å². The first-order valence-electron chi connectivity index (χ1n) is 10.3. The number of amides is 3. The van der Waals surface area contributed by atoms with Crippen molar-refractivity contribution in [3.63, 3.8) is 0 Å². The Morgan fingerprint density at radius 3 is 2.28 bits per heavy atom. The number of furan rings is 1. The van der Waals surface area contributed by atoms with Crippen molar-refractivity contribution in [2.45, 2.75) is 30.7 Å². The van der Waals surface area contributed by atoms with E-state index in [1.165, 1.54) is 35.4 Å². The zero-order valence-electron chi connectivity index (χ0n) is 17.2. The molecule has 2 aliphatic rings. The molecule has 1 fully saturated rings. The van der Waals surface area contributed by atoms with Gasteiger partial charge in [0.15, 0.2) is 0 Å². The number of anilines is 1. The monoisotopic (exact) mass is 457 g/mol. The Bertz CT molecular complexity index is 1110. The van der Waals surface area contributed by atoms with Gasteiger partial charge in [0.05, 0.1) is 29.5 Å². The maximum absolute atomic E-state index is 12.5. The molecule has 3 amide bonds. The van der Waals surface area contributed by atoms with Crippen LogP contribution < -0.4 is 10.0 Å². The number of allylic oxidation sites excluding steroid dienone is 2. The Kier molecular flexibility index (Phi) is 6.24. The van der Waals surface area contributed by atoms with E-state index in [-0.39, 0.29) is 54.0 Å². The molecule has 0 radical (unpaired) electrons. The van der Waals surface area contributed by atoms with Crippen molar-refractivity contribution < 1.29 is 27.2 Å². The van der Waals surface area contributed by atoms with Crippen molar-refractivity contribution in [1.29, 1.82) is 0 Å². The molecular formula is C22H23N3O6S. The summed E-state index contributed by atoms with van der Waals surface area (Å²) in [5.41, 5.74) is 0.414. The molecule has 1 saturated heterocycles. The van der Waals surface area contributed by atoms with Crippen LogP contribution in [0.1, 0.15) is 25.0 Å². The maximum Gasteiger partial charge on any atom is 0.240 e. The highest BCUT2D eigenvalue weighted by Gasteiger charge is 2.46. The molecule has 1 aliphatic carbocycles. The molecule has 0 bridgehead atoms. The maximum atomic E-state index is 12.5. The van der Waals surface area contributed by atoms with Crippen molar-refractivity contribution in [3.8, 4) is 0 Å². The zero-order chi connectivity index (χ0) is 22.7. The Morgan fingerprint density at radius 1 is 1.03 bits per heavy atom. The van der Waals surface area contributed by atoms with Crippen molar-refractivity contribution in [2.75, 3.05) is 11.9 Å². The number of likely N-dealkylation sites (tertiary alicyclic amines) is 1. The average Bonchev–Trinajstić information content (AvgIpc) is 3.39. The summed E-state index contributed by atoms with van der Waals surface area (Å²) in [6.45, 7) is 0.0548. The van der Waals surface area contributed by atoms with Crippen LogP contribution in [0.5, 0.6) is 0 Å². The molecule has 9 nitrogen and oxygen atoms in total. The molecule has 2 aromatic rings. The normalized spacial score (nSPS) is 20.4. The van der Waals surface area contributed by atoms with Crippen molar-refractivity contribution in [2.24, 2.45) is 11.8 Å². The van der Waals surface area contributed by atoms with Gasteiger partial charge in [-0.3, -0.25) is 19.3 Å². The third-order valence-corrected chi connectivity index (χ3v) is 7.04. The van der Waals surface area contributed by atoms with E-state index >= 15 is 0 Å². The van der Waals surface area contributed by atoms with Gasteiger partial charge < -0.3 is 9.73 Å². The molecule has 32 heavy (non-hydrogen) atoms. The van der Waals surface area contributed by atoms with Crippen molar-refractivity contribution in [1.82, 2.24) is 9.62 Å². The molecule has 10 heteroatoms. The lowest BCUT2D eigenvalue weighted by Crippen LogP contribution is -2.34. The molecule has 1 aliphatic heterocycles. The Hall–Kier alpha value is -3.24. The molecule has 0 unspecified atom stereocenters. The number of nitrogens with one attached hydrogen (secondary N) is 2. The van der Waals surface area contributed by atoms with Gasteiger partial charge in [-0.1, -0.05) is 12.2 Å². The van der Waals surface area contributed by atoms with E-state index in [0.717, 1.165) is 0 Å². The van der Waals surface area contributed by atoms with Crippen LogP contribution in [0.25, 0.3) is 0 Å². The lowest BCUT2D eigenvalue weighted by Gasteiger charge is -2.14. The highest BCUT2D eigenvalue weighted by atomic mass is 32.2. The fraction of sp³-hybridized carbons (Fsp3) is 0.318. The number of hydrogen-bond donors (Lipinski definition) is 2. The Morgan fingerprint density at radius 2 is 1.69 bits per heavy atom. The van der Waals surface area contributed by atoms with Crippen LogP contribution in [0.15, 0.2) is 64.1 Å². The summed E-state index contributed by atoms with van der Waals surface area (Å²) in [7, 11) is -3.74. The van der Waals surface area contributed by atoms with Gasteiger partial charge in [0.25, 0.3) is 0 Å². The van der Waals surface area contributed by atoms with Crippen LogP contribution in [-0.4, -0.2) is 37.6 Å². The van der Waals surface area contributed by atoms with E-state index in [2.05, 4.69) is 10.0 Å². The minimum absolute atomic E-state index is 0.0273. The number of hydrogen-bond acceptors (Lipinski definition) is 6. The van der Waals surface area contributed by atoms with Gasteiger partial charge in [0, 0.05) is 18.7 Å². The third-order valence-electron chi connectivity index (χ3n) is 5.63. The predicted octanol–water partition coefficient (Wildman–Crippen LogP) is 2.04. The highest BCUT2D eigenvalue weighted by molar-refractivity contribution is 7.89. The van der Waals surface area contributed by atoms with Gasteiger partial charge in [-0.25, -0.2) is 13.1 Å². The first kappa shape index (κ1) is 22.0. The number of benzene rings is 1. The van der Waals surface area contributed by atoms with Crippen LogP contribution in [0.3, 0.4) is 0 Å². The van der Waals surface area contributed by atoms with Crippen LogP contribution in [-0.2, 0) is 31.0 Å². The minimum Gasteiger partial charge on any atom is -0.468 e. The Labute approximate surface area is 185 Å². The fourth-order valence-electron chi connectivity index (χ4n) is 3.91. The first-order valence-corrected chi connectivity index (χ1v) is 11.8. The minimum atomic E-state index is -3.74. The molecule has 2 N–H and O–H groups in total. The largest absolute Gasteiger partial charge is 0.468 e. The Balaban J connectivity index is 1.29. The molecule has 2 heterocycles. The topological polar surface area (TPSA) is 126 Å².